The quantitative estimate of drug-likeness (QED) is 0.672. The van der Waals surface area contributed by atoms with Crippen LogP contribution in [0, 0.1) is 0 Å². The molecule has 6 heteroatoms. The smallest absolute Gasteiger partial charge is 0.199 e. The Bertz CT molecular complexity index is 395. The number of hydrogen-bond donors (Lipinski definition) is 3. The highest BCUT2D eigenvalue weighted by atomic mass is 16.3. The van der Waals surface area contributed by atoms with Crippen LogP contribution in [0.15, 0.2) is 33.0 Å². The monoisotopic (exact) mass is 221 g/mol. The largest absolute Gasteiger partial charge is 0.472 e. The van der Waals surface area contributed by atoms with Crippen molar-refractivity contribution in [1.82, 2.24) is 10.6 Å². The maximum Gasteiger partial charge on any atom is 0.199 e. The molecular weight excluding hydrogens is 206 g/mol. The molecule has 1 unspecified atom stereocenters. The second-order valence-electron chi connectivity index (χ2n) is 3.54. The minimum absolute atomic E-state index is 0.408. The van der Waals surface area contributed by atoms with E-state index in [-0.39, 0.29) is 0 Å². The van der Waals surface area contributed by atoms with Crippen LogP contribution in [-0.2, 0) is 6.42 Å². The molecule has 0 fully saturated rings. The maximum atomic E-state index is 5.65. The third kappa shape index (κ3) is 2.83. The van der Waals surface area contributed by atoms with Crippen LogP contribution < -0.4 is 16.4 Å². The minimum atomic E-state index is -0.408. The number of nitrogens with two attached hydrogens (primary N) is 1. The predicted molar refractivity (Wildman–Crippen MR) is 62.1 cm³/mol. The van der Waals surface area contributed by atoms with Gasteiger partial charge in [-0.25, -0.2) is 4.99 Å². The second-order valence-corrected chi connectivity index (χ2v) is 3.54. The summed E-state index contributed by atoms with van der Waals surface area (Å²) in [6.45, 7) is 2.53. The van der Waals surface area contributed by atoms with Crippen LogP contribution in [0.25, 0.3) is 0 Å². The average Bonchev–Trinajstić information content (AvgIpc) is 2.69. The lowest BCUT2D eigenvalue weighted by Crippen LogP contribution is -2.53. The molecule has 2 heterocycles. The third-order valence-corrected chi connectivity index (χ3v) is 2.17. The van der Waals surface area contributed by atoms with Crippen LogP contribution >= 0.6 is 0 Å². The standard InChI is InChI=1S/C10H15N5O/c1-7-13-9(11)15-10(14-7)12-4-2-8-3-5-16-6-8/h3,5-6,9H,2,4,11H2,1H3,(H2,12,13,14,15). The molecule has 0 saturated heterocycles. The van der Waals surface area contributed by atoms with Crippen molar-refractivity contribution in [1.29, 1.82) is 0 Å². The van der Waals surface area contributed by atoms with Gasteiger partial charge in [0.1, 0.15) is 5.84 Å². The molecule has 1 aliphatic rings. The predicted octanol–water partition coefficient (Wildman–Crippen LogP) is 0.0316. The molecule has 2 rings (SSSR count). The van der Waals surface area contributed by atoms with Gasteiger partial charge in [0, 0.05) is 6.54 Å². The summed E-state index contributed by atoms with van der Waals surface area (Å²) in [5.41, 5.74) is 6.78. The van der Waals surface area contributed by atoms with Crippen molar-refractivity contribution in [3.05, 3.63) is 24.2 Å². The molecule has 1 aliphatic heterocycles. The fraction of sp³-hybridized carbons (Fsp3) is 0.400. The summed E-state index contributed by atoms with van der Waals surface area (Å²) in [5, 5.41) is 5.94. The molecule has 0 aliphatic carbocycles. The van der Waals surface area contributed by atoms with E-state index in [2.05, 4.69) is 20.6 Å². The summed E-state index contributed by atoms with van der Waals surface area (Å²) < 4.78 is 4.97. The highest BCUT2D eigenvalue weighted by molar-refractivity contribution is 6.00. The Morgan fingerprint density at radius 2 is 2.50 bits per heavy atom. The lowest BCUT2D eigenvalue weighted by atomic mass is 10.2. The summed E-state index contributed by atoms with van der Waals surface area (Å²) >= 11 is 0. The maximum absolute atomic E-state index is 5.65. The number of aliphatic imine (C=N–C) groups is 2. The van der Waals surface area contributed by atoms with Crippen molar-refractivity contribution in [2.45, 2.75) is 19.6 Å². The first-order valence-corrected chi connectivity index (χ1v) is 5.13. The van der Waals surface area contributed by atoms with Gasteiger partial charge in [-0.2, -0.15) is 0 Å². The van der Waals surface area contributed by atoms with Crippen LogP contribution in [0.4, 0.5) is 0 Å². The van der Waals surface area contributed by atoms with Crippen molar-refractivity contribution >= 4 is 11.8 Å². The van der Waals surface area contributed by atoms with Gasteiger partial charge in [0.05, 0.1) is 12.5 Å². The van der Waals surface area contributed by atoms with Crippen LogP contribution in [0.2, 0.25) is 0 Å². The van der Waals surface area contributed by atoms with Crippen molar-refractivity contribution in [3.8, 4) is 0 Å². The first-order chi connectivity index (χ1) is 7.74. The van der Waals surface area contributed by atoms with E-state index in [1.54, 1.807) is 12.5 Å². The Balaban J connectivity index is 1.86. The van der Waals surface area contributed by atoms with Gasteiger partial charge in [0.2, 0.25) is 0 Å². The molecule has 0 aromatic carbocycles. The summed E-state index contributed by atoms with van der Waals surface area (Å²) in [7, 11) is 0. The normalized spacial score (nSPS) is 22.5. The number of guanidine groups is 1. The van der Waals surface area contributed by atoms with Crippen LogP contribution in [-0.4, -0.2) is 24.6 Å². The van der Waals surface area contributed by atoms with Crippen molar-refractivity contribution in [2.75, 3.05) is 6.54 Å². The Morgan fingerprint density at radius 3 is 3.19 bits per heavy atom. The van der Waals surface area contributed by atoms with E-state index in [1.165, 1.54) is 0 Å². The first-order valence-electron chi connectivity index (χ1n) is 5.13. The van der Waals surface area contributed by atoms with Crippen molar-refractivity contribution < 1.29 is 4.42 Å². The molecule has 0 bridgehead atoms. The van der Waals surface area contributed by atoms with E-state index in [4.69, 9.17) is 10.2 Å². The Hall–Kier alpha value is -1.82. The summed E-state index contributed by atoms with van der Waals surface area (Å²) in [5.74, 6) is 1.44. The number of rotatable bonds is 3. The highest BCUT2D eigenvalue weighted by Crippen LogP contribution is 2.00. The van der Waals surface area contributed by atoms with Gasteiger partial charge >= 0.3 is 0 Å². The topological polar surface area (TPSA) is 87.9 Å². The number of nitrogens with zero attached hydrogens (tertiary/aromatic N) is 2. The molecule has 1 aromatic rings. The van der Waals surface area contributed by atoms with Gasteiger partial charge in [-0.05, 0) is 25.0 Å². The van der Waals surface area contributed by atoms with E-state index >= 15 is 0 Å². The minimum Gasteiger partial charge on any atom is -0.472 e. The van der Waals surface area contributed by atoms with Gasteiger partial charge in [-0.3, -0.25) is 10.7 Å². The molecular formula is C10H15N5O. The Kier molecular flexibility index (Phi) is 3.21. The van der Waals surface area contributed by atoms with E-state index in [0.717, 1.165) is 17.8 Å². The fourth-order valence-corrected chi connectivity index (χ4v) is 1.44. The number of furan rings is 1. The van der Waals surface area contributed by atoms with Gasteiger partial charge in [0.25, 0.3) is 0 Å². The fourth-order valence-electron chi connectivity index (χ4n) is 1.44. The average molecular weight is 221 g/mol. The van der Waals surface area contributed by atoms with Gasteiger partial charge in [-0.15, -0.1) is 0 Å². The summed E-state index contributed by atoms with van der Waals surface area (Å²) in [6, 6.07) is 1.93. The van der Waals surface area contributed by atoms with Crippen LogP contribution in [0.3, 0.4) is 0 Å². The van der Waals surface area contributed by atoms with E-state index in [1.807, 2.05) is 13.0 Å². The van der Waals surface area contributed by atoms with E-state index in [9.17, 15) is 0 Å². The molecule has 0 amide bonds. The Labute approximate surface area is 93.6 Å². The molecule has 1 atom stereocenters. The molecule has 4 N–H and O–H groups in total. The van der Waals surface area contributed by atoms with Crippen LogP contribution in [0.1, 0.15) is 12.5 Å². The number of amidine groups is 1. The van der Waals surface area contributed by atoms with Gasteiger partial charge in [-0.1, -0.05) is 0 Å². The third-order valence-electron chi connectivity index (χ3n) is 2.17. The zero-order chi connectivity index (χ0) is 11.4. The highest BCUT2D eigenvalue weighted by Gasteiger charge is 2.10. The molecule has 0 spiro atoms. The lowest BCUT2D eigenvalue weighted by Gasteiger charge is -2.21. The molecule has 16 heavy (non-hydrogen) atoms. The molecule has 1 aromatic heterocycles. The first kappa shape index (κ1) is 10.7. The van der Waals surface area contributed by atoms with Gasteiger partial charge in [0.15, 0.2) is 12.2 Å². The molecule has 6 nitrogen and oxygen atoms in total. The zero-order valence-corrected chi connectivity index (χ0v) is 9.10. The number of nitrogens with one attached hydrogen (secondary N) is 2. The lowest BCUT2D eigenvalue weighted by molar-refractivity contribution is 0.564. The zero-order valence-electron chi connectivity index (χ0n) is 9.10. The van der Waals surface area contributed by atoms with Crippen molar-refractivity contribution in [2.24, 2.45) is 15.7 Å². The SMILES string of the molecule is CC1=NC(N)NC(=NCCc2ccoc2)N1. The molecule has 86 valence electrons. The number of hydrogen-bond acceptors (Lipinski definition) is 4. The van der Waals surface area contributed by atoms with Crippen molar-refractivity contribution in [3.63, 3.8) is 0 Å². The second kappa shape index (κ2) is 4.80. The van der Waals surface area contributed by atoms with Gasteiger partial charge < -0.3 is 15.1 Å². The molecule has 0 saturated carbocycles. The van der Waals surface area contributed by atoms with E-state index < -0.39 is 6.29 Å². The molecule has 0 radical (unpaired) electrons. The summed E-state index contributed by atoms with van der Waals surface area (Å²) in [4.78, 5) is 8.42. The van der Waals surface area contributed by atoms with E-state index in [0.29, 0.717) is 12.5 Å². The van der Waals surface area contributed by atoms with Crippen LogP contribution in [0.5, 0.6) is 0 Å². The summed E-state index contributed by atoms with van der Waals surface area (Å²) in [6.07, 6.45) is 3.82. The Morgan fingerprint density at radius 1 is 1.62 bits per heavy atom.